The van der Waals surface area contributed by atoms with Gasteiger partial charge in [0.2, 0.25) is 11.9 Å². The number of aromatic nitrogens is 3. The molecule has 0 radical (unpaired) electrons. The number of anilines is 1. The van der Waals surface area contributed by atoms with Gasteiger partial charge in [-0.15, -0.1) is 0 Å². The van der Waals surface area contributed by atoms with Crippen molar-refractivity contribution in [2.24, 2.45) is 0 Å². The lowest BCUT2D eigenvalue weighted by Gasteiger charge is -2.30. The van der Waals surface area contributed by atoms with Gasteiger partial charge in [0.1, 0.15) is 0 Å². The van der Waals surface area contributed by atoms with Gasteiger partial charge in [-0.1, -0.05) is 23.7 Å². The Hall–Kier alpha value is -3.23. The summed E-state index contributed by atoms with van der Waals surface area (Å²) in [5, 5.41) is 3.55. The maximum absolute atomic E-state index is 13.2. The van der Waals surface area contributed by atoms with E-state index < -0.39 is 0 Å². The van der Waals surface area contributed by atoms with E-state index >= 15 is 0 Å². The third-order valence-corrected chi connectivity index (χ3v) is 7.46. The summed E-state index contributed by atoms with van der Waals surface area (Å²) in [6, 6.07) is 8.88. The minimum atomic E-state index is -0.270. The average molecular weight is 523 g/mol. The zero-order valence-corrected chi connectivity index (χ0v) is 22.9. The maximum Gasteiger partial charge on any atom is 0.258 e. The third kappa shape index (κ3) is 6.02. The molecule has 1 aromatic carbocycles. The number of aryl methyl sites for hydroxylation is 1. The largest absolute Gasteiger partial charge is 0.337 e. The van der Waals surface area contributed by atoms with Crippen molar-refractivity contribution in [3.63, 3.8) is 0 Å². The lowest BCUT2D eigenvalue weighted by molar-refractivity contribution is -0.126. The van der Waals surface area contributed by atoms with Crippen molar-refractivity contribution in [1.29, 1.82) is 0 Å². The number of carbonyl (C=O) groups is 2. The van der Waals surface area contributed by atoms with Crippen molar-refractivity contribution in [3.05, 3.63) is 65.0 Å². The van der Waals surface area contributed by atoms with Gasteiger partial charge in [0.05, 0.1) is 22.1 Å². The number of carbonyl (C=O) groups excluding carboxylic acids is 2. The number of rotatable bonds is 6. The first kappa shape index (κ1) is 26.8. The van der Waals surface area contributed by atoms with E-state index in [9.17, 15) is 9.59 Å². The van der Waals surface area contributed by atoms with Gasteiger partial charge < -0.3 is 14.4 Å². The predicted molar refractivity (Wildman–Crippen MR) is 148 cm³/mol. The van der Waals surface area contributed by atoms with Crippen molar-refractivity contribution >= 4 is 40.4 Å². The molecule has 1 fully saturated rings. The molecule has 0 saturated carbocycles. The van der Waals surface area contributed by atoms with Crippen molar-refractivity contribution in [1.82, 2.24) is 24.3 Å². The topological polar surface area (TPSA) is 83.4 Å². The first-order chi connectivity index (χ1) is 17.6. The number of fused-ring (bicyclic) bond motifs is 1. The number of hydrogen-bond donors (Lipinski definition) is 1. The molecule has 2 amide bonds. The molecule has 4 rings (SSSR count). The quantitative estimate of drug-likeness (QED) is 0.456. The first-order valence-corrected chi connectivity index (χ1v) is 13.0. The number of hydrogen-bond acceptors (Lipinski definition) is 5. The molecule has 1 unspecified atom stereocenters. The summed E-state index contributed by atoms with van der Waals surface area (Å²) in [6.07, 6.45) is 7.93. The molecule has 3 aromatic rings. The van der Waals surface area contributed by atoms with Crippen molar-refractivity contribution < 1.29 is 9.59 Å². The summed E-state index contributed by atoms with van der Waals surface area (Å²) in [7, 11) is 3.99. The Balaban J connectivity index is 1.68. The summed E-state index contributed by atoms with van der Waals surface area (Å²) in [4.78, 5) is 39.2. The highest BCUT2D eigenvalue weighted by Crippen LogP contribution is 2.34. The Morgan fingerprint density at radius 3 is 2.73 bits per heavy atom. The Morgan fingerprint density at radius 1 is 1.22 bits per heavy atom. The molecular weight excluding hydrogens is 488 g/mol. The van der Waals surface area contributed by atoms with Crippen LogP contribution in [-0.2, 0) is 4.79 Å². The van der Waals surface area contributed by atoms with Gasteiger partial charge in [0.15, 0.2) is 0 Å². The fourth-order valence-electron chi connectivity index (χ4n) is 4.47. The Labute approximate surface area is 223 Å². The monoisotopic (exact) mass is 522 g/mol. The SMILES string of the molecule is Cc1cc(C(=O)Nc2nc3cccc(Cl)c3n2C2CCCCN(C(=O)C=CC(C)(C)N(C)C)C2)ccn1. The lowest BCUT2D eigenvalue weighted by Crippen LogP contribution is -2.38. The molecule has 1 atom stereocenters. The second-order valence-corrected chi connectivity index (χ2v) is 10.8. The molecule has 0 bridgehead atoms. The molecule has 1 N–H and O–H groups in total. The number of nitrogens with zero attached hydrogens (tertiary/aromatic N) is 5. The molecule has 37 heavy (non-hydrogen) atoms. The van der Waals surface area contributed by atoms with Crippen LogP contribution in [0.2, 0.25) is 5.02 Å². The fraction of sp³-hybridized carbons (Fsp3) is 0.429. The number of halogens is 1. The van der Waals surface area contributed by atoms with Gasteiger partial charge in [-0.25, -0.2) is 4.98 Å². The molecule has 9 heteroatoms. The van der Waals surface area contributed by atoms with E-state index in [1.54, 1.807) is 24.4 Å². The Morgan fingerprint density at radius 2 is 2.00 bits per heavy atom. The third-order valence-electron chi connectivity index (χ3n) is 7.15. The van der Waals surface area contributed by atoms with Crippen LogP contribution in [0, 0.1) is 6.92 Å². The lowest BCUT2D eigenvalue weighted by atomic mass is 10.0. The van der Waals surface area contributed by atoms with E-state index in [1.165, 1.54) is 0 Å². The summed E-state index contributed by atoms with van der Waals surface area (Å²) in [5.41, 5.74) is 2.48. The molecule has 2 aromatic heterocycles. The highest BCUT2D eigenvalue weighted by molar-refractivity contribution is 6.35. The van der Waals surface area contributed by atoms with Gasteiger partial charge in [0, 0.05) is 42.2 Å². The molecule has 0 spiro atoms. The summed E-state index contributed by atoms with van der Waals surface area (Å²) in [6.45, 7) is 7.17. The molecule has 1 aliphatic rings. The van der Waals surface area contributed by atoms with Crippen LogP contribution in [-0.4, -0.2) is 68.9 Å². The van der Waals surface area contributed by atoms with Crippen LogP contribution in [0.15, 0.2) is 48.7 Å². The molecule has 196 valence electrons. The van der Waals surface area contributed by atoms with Crippen molar-refractivity contribution in [2.75, 3.05) is 32.5 Å². The molecule has 3 heterocycles. The van der Waals surface area contributed by atoms with Gasteiger partial charge in [-0.3, -0.25) is 19.9 Å². The van der Waals surface area contributed by atoms with Crippen LogP contribution in [0.25, 0.3) is 11.0 Å². The van der Waals surface area contributed by atoms with Gasteiger partial charge in [0.25, 0.3) is 5.91 Å². The second kappa shape index (κ2) is 11.0. The summed E-state index contributed by atoms with van der Waals surface area (Å²) < 4.78 is 2.00. The zero-order chi connectivity index (χ0) is 26.7. The van der Waals surface area contributed by atoms with E-state index in [1.807, 2.05) is 54.8 Å². The maximum atomic E-state index is 13.2. The summed E-state index contributed by atoms with van der Waals surface area (Å²) in [5.74, 6) is 0.134. The van der Waals surface area contributed by atoms with E-state index in [4.69, 9.17) is 16.6 Å². The number of nitrogens with one attached hydrogen (secondary N) is 1. The fourth-order valence-corrected chi connectivity index (χ4v) is 4.73. The molecule has 0 aliphatic carbocycles. The molecule has 1 saturated heterocycles. The number of likely N-dealkylation sites (tertiary alicyclic amines) is 1. The van der Waals surface area contributed by atoms with Crippen LogP contribution in [0.1, 0.15) is 55.2 Å². The number of amides is 2. The first-order valence-electron chi connectivity index (χ1n) is 12.6. The highest BCUT2D eigenvalue weighted by Gasteiger charge is 2.28. The van der Waals surface area contributed by atoms with Crippen LogP contribution < -0.4 is 5.32 Å². The number of para-hydroxylation sites is 1. The number of likely N-dealkylation sites (N-methyl/N-ethyl adjacent to an activating group) is 1. The van der Waals surface area contributed by atoms with E-state index in [0.717, 1.165) is 30.5 Å². The Bertz CT molecular complexity index is 1330. The normalized spacial score (nSPS) is 16.9. The van der Waals surface area contributed by atoms with Gasteiger partial charge >= 0.3 is 0 Å². The van der Waals surface area contributed by atoms with Gasteiger partial charge in [-0.05, 0) is 78.4 Å². The van der Waals surface area contributed by atoms with Crippen LogP contribution in [0.3, 0.4) is 0 Å². The Kier molecular flexibility index (Phi) is 7.99. The number of imidazole rings is 1. The minimum absolute atomic E-state index is 0.0183. The average Bonchev–Trinajstić information content (AvgIpc) is 3.04. The van der Waals surface area contributed by atoms with Crippen LogP contribution in [0.5, 0.6) is 0 Å². The zero-order valence-electron chi connectivity index (χ0n) is 22.2. The number of pyridine rings is 1. The second-order valence-electron chi connectivity index (χ2n) is 10.4. The molecule has 8 nitrogen and oxygen atoms in total. The number of benzene rings is 1. The van der Waals surface area contributed by atoms with E-state index in [-0.39, 0.29) is 23.4 Å². The summed E-state index contributed by atoms with van der Waals surface area (Å²) >= 11 is 6.66. The molecule has 1 aliphatic heterocycles. The van der Waals surface area contributed by atoms with E-state index in [0.29, 0.717) is 35.1 Å². The standard InChI is InChI=1S/C28H35ClN6O2/c1-19-17-20(13-15-30-19)26(37)32-27-31-23-11-8-10-22(29)25(23)35(27)21-9-6-7-16-34(18-21)24(36)12-14-28(2,3)33(4)5/h8,10-15,17,21H,6-7,9,16,18H2,1-5H3,(H,31,32,37). The highest BCUT2D eigenvalue weighted by atomic mass is 35.5. The van der Waals surface area contributed by atoms with Gasteiger partial charge in [-0.2, -0.15) is 0 Å². The van der Waals surface area contributed by atoms with Crippen molar-refractivity contribution in [3.8, 4) is 0 Å². The smallest absolute Gasteiger partial charge is 0.258 e. The van der Waals surface area contributed by atoms with Crippen molar-refractivity contribution in [2.45, 2.75) is 51.6 Å². The molecular formula is C28H35ClN6O2. The minimum Gasteiger partial charge on any atom is -0.337 e. The van der Waals surface area contributed by atoms with E-state index in [2.05, 4.69) is 29.0 Å². The van der Waals surface area contributed by atoms with Crippen LogP contribution in [0.4, 0.5) is 5.95 Å². The predicted octanol–water partition coefficient (Wildman–Crippen LogP) is 5.10. The van der Waals surface area contributed by atoms with Crippen LogP contribution >= 0.6 is 11.6 Å².